The largest absolute Gasteiger partial charge is 0.459 e. The number of ether oxygens (including phenoxy) is 1. The van der Waals surface area contributed by atoms with Gasteiger partial charge in [0, 0.05) is 12.2 Å². The maximum absolute atomic E-state index is 12.3. The molecule has 0 aromatic heterocycles. The van der Waals surface area contributed by atoms with Crippen LogP contribution in [0.5, 0.6) is 0 Å². The number of carbonyl (C=O) groups excluding carboxylic acids is 1. The Balaban J connectivity index is 2.00. The third kappa shape index (κ3) is 4.35. The molecule has 0 spiro atoms. The first-order valence-corrected chi connectivity index (χ1v) is 7.74. The Labute approximate surface area is 132 Å². The quantitative estimate of drug-likeness (QED) is 0.722. The molecular formula is C19H23NO2. The highest BCUT2D eigenvalue weighted by Gasteiger charge is 2.22. The third-order valence-electron chi connectivity index (χ3n) is 3.58. The summed E-state index contributed by atoms with van der Waals surface area (Å²) in [5.41, 5.74) is 2.05. The van der Waals surface area contributed by atoms with Crippen molar-refractivity contribution in [3.63, 3.8) is 0 Å². The van der Waals surface area contributed by atoms with Gasteiger partial charge in [0.2, 0.25) is 0 Å². The maximum Gasteiger partial charge on any atom is 0.328 e. The van der Waals surface area contributed by atoms with Crippen molar-refractivity contribution in [2.45, 2.75) is 32.9 Å². The average molecular weight is 297 g/mol. The zero-order chi connectivity index (χ0) is 15.8. The van der Waals surface area contributed by atoms with Gasteiger partial charge in [-0.05, 0) is 31.0 Å². The number of para-hydroxylation sites is 1. The van der Waals surface area contributed by atoms with Gasteiger partial charge in [0.15, 0.2) is 0 Å². The molecule has 0 amide bonds. The van der Waals surface area contributed by atoms with E-state index in [0.717, 1.165) is 24.2 Å². The van der Waals surface area contributed by atoms with Gasteiger partial charge >= 0.3 is 5.97 Å². The summed E-state index contributed by atoms with van der Waals surface area (Å²) in [6.07, 6.45) is 0.977. The highest BCUT2D eigenvalue weighted by molar-refractivity contribution is 5.79. The van der Waals surface area contributed by atoms with Crippen molar-refractivity contribution in [3.05, 3.63) is 66.2 Å². The Morgan fingerprint density at radius 2 is 1.64 bits per heavy atom. The van der Waals surface area contributed by atoms with Gasteiger partial charge in [0.1, 0.15) is 12.6 Å². The van der Waals surface area contributed by atoms with Gasteiger partial charge < -0.3 is 9.64 Å². The molecule has 0 heterocycles. The molecule has 1 unspecified atom stereocenters. The van der Waals surface area contributed by atoms with Crippen LogP contribution in [0.1, 0.15) is 25.8 Å². The lowest BCUT2D eigenvalue weighted by Gasteiger charge is -2.29. The Kier molecular flexibility index (Phi) is 6.01. The van der Waals surface area contributed by atoms with Crippen LogP contribution in [0.15, 0.2) is 60.7 Å². The molecule has 22 heavy (non-hydrogen) atoms. The minimum Gasteiger partial charge on any atom is -0.459 e. The zero-order valence-electron chi connectivity index (χ0n) is 13.2. The molecule has 0 saturated carbocycles. The molecule has 2 aromatic carbocycles. The van der Waals surface area contributed by atoms with Gasteiger partial charge in [-0.3, -0.25) is 0 Å². The number of nitrogens with zero attached hydrogens (tertiary/aromatic N) is 1. The number of anilines is 1. The molecule has 0 fully saturated rings. The van der Waals surface area contributed by atoms with Gasteiger partial charge in [-0.15, -0.1) is 0 Å². The highest BCUT2D eigenvalue weighted by Crippen LogP contribution is 2.18. The monoisotopic (exact) mass is 297 g/mol. The lowest BCUT2D eigenvalue weighted by atomic mass is 10.2. The fourth-order valence-electron chi connectivity index (χ4n) is 2.38. The normalized spacial score (nSPS) is 11.7. The van der Waals surface area contributed by atoms with Crippen LogP contribution in [0.3, 0.4) is 0 Å². The number of carbonyl (C=O) groups is 1. The number of benzene rings is 2. The van der Waals surface area contributed by atoms with Crippen molar-refractivity contribution in [1.82, 2.24) is 0 Å². The molecule has 2 rings (SSSR count). The fraction of sp³-hybridized carbons (Fsp3) is 0.316. The number of rotatable bonds is 7. The minimum atomic E-state index is -0.300. The van der Waals surface area contributed by atoms with E-state index >= 15 is 0 Å². The van der Waals surface area contributed by atoms with Crippen molar-refractivity contribution < 1.29 is 9.53 Å². The summed E-state index contributed by atoms with van der Waals surface area (Å²) in [5.74, 6) is -0.193. The molecule has 1 atom stereocenters. The molecule has 2 aromatic rings. The van der Waals surface area contributed by atoms with E-state index in [2.05, 4.69) is 11.8 Å². The summed E-state index contributed by atoms with van der Waals surface area (Å²) in [6, 6.07) is 19.5. The van der Waals surface area contributed by atoms with Gasteiger partial charge in [0.25, 0.3) is 0 Å². The lowest BCUT2D eigenvalue weighted by Crippen LogP contribution is -2.40. The predicted molar refractivity (Wildman–Crippen MR) is 89.8 cm³/mol. The SMILES string of the molecule is CCCN(c1ccccc1)C(C)C(=O)OCc1ccccc1. The van der Waals surface area contributed by atoms with Crippen LogP contribution < -0.4 is 4.90 Å². The highest BCUT2D eigenvalue weighted by atomic mass is 16.5. The van der Waals surface area contributed by atoms with E-state index in [1.807, 2.05) is 67.6 Å². The second kappa shape index (κ2) is 8.23. The van der Waals surface area contributed by atoms with E-state index in [1.165, 1.54) is 0 Å². The van der Waals surface area contributed by atoms with Crippen LogP contribution in [0.4, 0.5) is 5.69 Å². The Hall–Kier alpha value is -2.29. The van der Waals surface area contributed by atoms with Gasteiger partial charge in [-0.1, -0.05) is 55.5 Å². The number of hydrogen-bond acceptors (Lipinski definition) is 3. The fourth-order valence-corrected chi connectivity index (χ4v) is 2.38. The van der Waals surface area contributed by atoms with Crippen molar-refractivity contribution in [1.29, 1.82) is 0 Å². The summed E-state index contributed by atoms with van der Waals surface area (Å²) in [5, 5.41) is 0. The van der Waals surface area contributed by atoms with Crippen molar-refractivity contribution in [2.75, 3.05) is 11.4 Å². The van der Waals surface area contributed by atoms with Crippen LogP contribution in [0.2, 0.25) is 0 Å². The van der Waals surface area contributed by atoms with E-state index in [-0.39, 0.29) is 12.0 Å². The smallest absolute Gasteiger partial charge is 0.328 e. The molecule has 3 heteroatoms. The molecule has 0 radical (unpaired) electrons. The molecule has 3 nitrogen and oxygen atoms in total. The van der Waals surface area contributed by atoms with Crippen LogP contribution >= 0.6 is 0 Å². The standard InChI is InChI=1S/C19H23NO2/c1-3-14-20(18-12-8-5-9-13-18)16(2)19(21)22-15-17-10-6-4-7-11-17/h4-13,16H,3,14-15H2,1-2H3. The second-order valence-corrected chi connectivity index (χ2v) is 5.30. The van der Waals surface area contributed by atoms with E-state index < -0.39 is 0 Å². The molecule has 0 aliphatic rings. The van der Waals surface area contributed by atoms with E-state index in [9.17, 15) is 4.79 Å². The number of esters is 1. The first kappa shape index (κ1) is 16.1. The zero-order valence-corrected chi connectivity index (χ0v) is 13.2. The Morgan fingerprint density at radius 1 is 1.05 bits per heavy atom. The maximum atomic E-state index is 12.3. The van der Waals surface area contributed by atoms with Gasteiger partial charge in [0.05, 0.1) is 0 Å². The summed E-state index contributed by atoms with van der Waals surface area (Å²) in [4.78, 5) is 14.4. The molecule has 0 aliphatic heterocycles. The molecule has 0 aliphatic carbocycles. The first-order chi connectivity index (χ1) is 10.7. The van der Waals surface area contributed by atoms with Gasteiger partial charge in [-0.2, -0.15) is 0 Å². The molecule has 116 valence electrons. The lowest BCUT2D eigenvalue weighted by molar-refractivity contribution is -0.146. The van der Waals surface area contributed by atoms with Crippen molar-refractivity contribution >= 4 is 11.7 Å². The Morgan fingerprint density at radius 3 is 2.23 bits per heavy atom. The van der Waals surface area contributed by atoms with Crippen LogP contribution in [0, 0.1) is 0 Å². The van der Waals surface area contributed by atoms with Crippen molar-refractivity contribution in [2.24, 2.45) is 0 Å². The van der Waals surface area contributed by atoms with E-state index in [0.29, 0.717) is 6.61 Å². The van der Waals surface area contributed by atoms with E-state index in [4.69, 9.17) is 4.74 Å². The van der Waals surface area contributed by atoms with Gasteiger partial charge in [-0.25, -0.2) is 4.79 Å². The second-order valence-electron chi connectivity index (χ2n) is 5.30. The van der Waals surface area contributed by atoms with Crippen LogP contribution in [-0.4, -0.2) is 18.6 Å². The topological polar surface area (TPSA) is 29.5 Å². The summed E-state index contributed by atoms with van der Waals surface area (Å²) in [7, 11) is 0. The molecule has 0 bridgehead atoms. The first-order valence-electron chi connectivity index (χ1n) is 7.74. The Bertz CT molecular complexity index is 569. The van der Waals surface area contributed by atoms with Crippen molar-refractivity contribution in [3.8, 4) is 0 Å². The van der Waals surface area contributed by atoms with Crippen LogP contribution in [-0.2, 0) is 16.1 Å². The average Bonchev–Trinajstić information content (AvgIpc) is 2.58. The van der Waals surface area contributed by atoms with E-state index in [1.54, 1.807) is 0 Å². The summed E-state index contributed by atoms with van der Waals surface area (Å²) < 4.78 is 5.46. The molecule has 0 N–H and O–H groups in total. The summed E-state index contributed by atoms with van der Waals surface area (Å²) in [6.45, 7) is 5.15. The molecular weight excluding hydrogens is 274 g/mol. The minimum absolute atomic E-state index is 0.193. The third-order valence-corrected chi connectivity index (χ3v) is 3.58. The number of hydrogen-bond donors (Lipinski definition) is 0. The summed E-state index contributed by atoms with van der Waals surface area (Å²) >= 11 is 0. The van der Waals surface area contributed by atoms with Crippen LogP contribution in [0.25, 0.3) is 0 Å². The molecule has 0 saturated heterocycles. The predicted octanol–water partition coefficient (Wildman–Crippen LogP) is 4.03.